The second-order valence-electron chi connectivity index (χ2n) is 5.91. The van der Waals surface area contributed by atoms with Crippen molar-refractivity contribution in [3.8, 4) is 0 Å². The molecule has 0 N–H and O–H groups in total. The standard InChI is InChI=1S/C19H23FN2S/c20-18-6-4-5-17(15-18)16-22-11-9-21(10-12-22)13-14-23-19-7-2-1-3-8-19/h1-8,15H,9-14,16H2. The van der Waals surface area contributed by atoms with Crippen molar-refractivity contribution in [3.05, 3.63) is 66.0 Å². The Kier molecular flexibility index (Phi) is 6.08. The zero-order valence-electron chi connectivity index (χ0n) is 13.3. The van der Waals surface area contributed by atoms with Gasteiger partial charge in [-0.2, -0.15) is 0 Å². The van der Waals surface area contributed by atoms with E-state index in [0.29, 0.717) is 0 Å². The van der Waals surface area contributed by atoms with Gasteiger partial charge in [-0.3, -0.25) is 9.80 Å². The van der Waals surface area contributed by atoms with Crippen LogP contribution in [0.15, 0.2) is 59.5 Å². The summed E-state index contributed by atoms with van der Waals surface area (Å²) in [6.45, 7) is 6.31. The smallest absolute Gasteiger partial charge is 0.123 e. The summed E-state index contributed by atoms with van der Waals surface area (Å²) in [5.41, 5.74) is 1.07. The molecule has 0 atom stereocenters. The molecule has 0 saturated carbocycles. The van der Waals surface area contributed by atoms with Crippen molar-refractivity contribution in [2.75, 3.05) is 38.5 Å². The maximum atomic E-state index is 13.2. The Morgan fingerprint density at radius 1 is 0.870 bits per heavy atom. The molecule has 0 spiro atoms. The minimum atomic E-state index is -0.140. The van der Waals surface area contributed by atoms with Gasteiger partial charge in [0.25, 0.3) is 0 Å². The van der Waals surface area contributed by atoms with Gasteiger partial charge >= 0.3 is 0 Å². The quantitative estimate of drug-likeness (QED) is 0.745. The molecule has 23 heavy (non-hydrogen) atoms. The first-order chi connectivity index (χ1) is 11.3. The van der Waals surface area contributed by atoms with Crippen LogP contribution in [0.2, 0.25) is 0 Å². The van der Waals surface area contributed by atoms with Gasteiger partial charge in [0.05, 0.1) is 0 Å². The highest BCUT2D eigenvalue weighted by Crippen LogP contribution is 2.17. The fraction of sp³-hybridized carbons (Fsp3) is 0.368. The average Bonchev–Trinajstić information content (AvgIpc) is 2.58. The highest BCUT2D eigenvalue weighted by Gasteiger charge is 2.16. The van der Waals surface area contributed by atoms with Crippen molar-refractivity contribution in [1.29, 1.82) is 0 Å². The molecule has 1 heterocycles. The predicted molar refractivity (Wildman–Crippen MR) is 95.3 cm³/mol. The molecular formula is C19H23FN2S. The van der Waals surface area contributed by atoms with E-state index in [9.17, 15) is 4.39 Å². The molecular weight excluding hydrogens is 307 g/mol. The van der Waals surface area contributed by atoms with E-state index >= 15 is 0 Å². The molecule has 4 heteroatoms. The zero-order valence-corrected chi connectivity index (χ0v) is 14.1. The van der Waals surface area contributed by atoms with Gasteiger partial charge in [-0.05, 0) is 29.8 Å². The number of rotatable bonds is 6. The van der Waals surface area contributed by atoms with Crippen LogP contribution in [-0.4, -0.2) is 48.3 Å². The van der Waals surface area contributed by atoms with Crippen LogP contribution in [-0.2, 0) is 6.54 Å². The lowest BCUT2D eigenvalue weighted by atomic mass is 10.2. The summed E-state index contributed by atoms with van der Waals surface area (Å²) in [7, 11) is 0. The Balaban J connectivity index is 1.37. The zero-order chi connectivity index (χ0) is 15.9. The van der Waals surface area contributed by atoms with Crippen molar-refractivity contribution < 1.29 is 4.39 Å². The van der Waals surface area contributed by atoms with Gasteiger partial charge < -0.3 is 0 Å². The lowest BCUT2D eigenvalue weighted by molar-refractivity contribution is 0.132. The van der Waals surface area contributed by atoms with Gasteiger partial charge in [0.15, 0.2) is 0 Å². The average molecular weight is 330 g/mol. The van der Waals surface area contributed by atoms with E-state index < -0.39 is 0 Å². The largest absolute Gasteiger partial charge is 0.300 e. The summed E-state index contributed by atoms with van der Waals surface area (Å²) in [4.78, 5) is 6.28. The van der Waals surface area contributed by atoms with Crippen LogP contribution in [0.25, 0.3) is 0 Å². The van der Waals surface area contributed by atoms with E-state index in [1.54, 1.807) is 12.1 Å². The highest BCUT2D eigenvalue weighted by molar-refractivity contribution is 7.99. The third-order valence-electron chi connectivity index (χ3n) is 4.18. The Hall–Kier alpha value is -1.36. The Morgan fingerprint density at radius 2 is 1.61 bits per heavy atom. The summed E-state index contributed by atoms with van der Waals surface area (Å²) < 4.78 is 13.2. The first-order valence-corrected chi connectivity index (χ1v) is 9.15. The van der Waals surface area contributed by atoms with E-state index in [-0.39, 0.29) is 5.82 Å². The van der Waals surface area contributed by atoms with Crippen LogP contribution in [0, 0.1) is 5.82 Å². The lowest BCUT2D eigenvalue weighted by Crippen LogP contribution is -2.46. The minimum Gasteiger partial charge on any atom is -0.300 e. The van der Waals surface area contributed by atoms with E-state index in [0.717, 1.165) is 50.6 Å². The van der Waals surface area contributed by atoms with Crippen molar-refractivity contribution in [2.24, 2.45) is 0 Å². The molecule has 2 aromatic carbocycles. The Morgan fingerprint density at radius 3 is 2.35 bits per heavy atom. The van der Waals surface area contributed by atoms with Crippen LogP contribution in [0.5, 0.6) is 0 Å². The summed E-state index contributed by atoms with van der Waals surface area (Å²) in [5.74, 6) is 0.993. The second kappa shape index (κ2) is 8.48. The third kappa shape index (κ3) is 5.34. The number of halogens is 1. The molecule has 0 bridgehead atoms. The normalized spacial score (nSPS) is 16.6. The van der Waals surface area contributed by atoms with Gasteiger partial charge in [0.1, 0.15) is 5.82 Å². The minimum absolute atomic E-state index is 0.140. The van der Waals surface area contributed by atoms with E-state index in [1.807, 2.05) is 17.8 Å². The van der Waals surface area contributed by atoms with Crippen molar-refractivity contribution in [1.82, 2.24) is 9.80 Å². The fourth-order valence-corrected chi connectivity index (χ4v) is 3.81. The third-order valence-corrected chi connectivity index (χ3v) is 5.17. The summed E-state index contributed by atoms with van der Waals surface area (Å²) in [6.07, 6.45) is 0. The molecule has 0 aromatic heterocycles. The van der Waals surface area contributed by atoms with E-state index in [2.05, 4.69) is 40.1 Å². The molecule has 0 unspecified atom stereocenters. The van der Waals surface area contributed by atoms with Crippen LogP contribution in [0.1, 0.15) is 5.56 Å². The fourth-order valence-electron chi connectivity index (χ4n) is 2.87. The summed E-state index contributed by atoms with van der Waals surface area (Å²) >= 11 is 1.92. The summed E-state index contributed by atoms with van der Waals surface area (Å²) in [5, 5.41) is 0. The van der Waals surface area contributed by atoms with Crippen LogP contribution in [0.3, 0.4) is 0 Å². The number of thioether (sulfide) groups is 1. The number of hydrogen-bond donors (Lipinski definition) is 0. The summed E-state index contributed by atoms with van der Waals surface area (Å²) in [6, 6.07) is 17.5. The maximum absolute atomic E-state index is 13.2. The molecule has 2 nitrogen and oxygen atoms in total. The van der Waals surface area contributed by atoms with Crippen molar-refractivity contribution in [2.45, 2.75) is 11.4 Å². The maximum Gasteiger partial charge on any atom is 0.123 e. The van der Waals surface area contributed by atoms with Crippen molar-refractivity contribution >= 4 is 11.8 Å². The van der Waals surface area contributed by atoms with Gasteiger partial charge in [0, 0.05) is 49.9 Å². The Bertz CT molecular complexity index is 597. The van der Waals surface area contributed by atoms with E-state index in [1.165, 1.54) is 11.0 Å². The number of nitrogens with zero attached hydrogens (tertiary/aromatic N) is 2. The van der Waals surface area contributed by atoms with Crippen molar-refractivity contribution in [3.63, 3.8) is 0 Å². The topological polar surface area (TPSA) is 6.48 Å². The molecule has 0 aliphatic carbocycles. The van der Waals surface area contributed by atoms with Crippen LogP contribution >= 0.6 is 11.8 Å². The Labute approximate surface area is 142 Å². The molecule has 0 radical (unpaired) electrons. The molecule has 3 rings (SSSR count). The second-order valence-corrected chi connectivity index (χ2v) is 7.08. The van der Waals surface area contributed by atoms with Crippen LogP contribution in [0.4, 0.5) is 4.39 Å². The van der Waals surface area contributed by atoms with E-state index in [4.69, 9.17) is 0 Å². The lowest BCUT2D eigenvalue weighted by Gasteiger charge is -2.34. The van der Waals surface area contributed by atoms with Gasteiger partial charge in [-0.1, -0.05) is 30.3 Å². The number of hydrogen-bond acceptors (Lipinski definition) is 3. The highest BCUT2D eigenvalue weighted by atomic mass is 32.2. The van der Waals surface area contributed by atoms with Crippen LogP contribution < -0.4 is 0 Å². The van der Waals surface area contributed by atoms with Gasteiger partial charge in [0.2, 0.25) is 0 Å². The predicted octanol–water partition coefficient (Wildman–Crippen LogP) is 3.74. The first kappa shape index (κ1) is 16.5. The molecule has 1 fully saturated rings. The monoisotopic (exact) mass is 330 g/mol. The SMILES string of the molecule is Fc1cccc(CN2CCN(CCSc3ccccc3)CC2)c1. The first-order valence-electron chi connectivity index (χ1n) is 8.16. The molecule has 1 aliphatic rings. The molecule has 2 aromatic rings. The van der Waals surface area contributed by atoms with Gasteiger partial charge in [-0.15, -0.1) is 11.8 Å². The number of benzene rings is 2. The molecule has 0 amide bonds. The molecule has 122 valence electrons. The molecule has 1 saturated heterocycles. The molecule has 1 aliphatic heterocycles. The van der Waals surface area contributed by atoms with Gasteiger partial charge in [-0.25, -0.2) is 4.39 Å². The number of piperazine rings is 1.